The van der Waals surface area contributed by atoms with Crippen molar-refractivity contribution >= 4 is 12.2 Å². The third-order valence-electron chi connectivity index (χ3n) is 4.92. The van der Waals surface area contributed by atoms with Crippen LogP contribution in [0.3, 0.4) is 0 Å². The molecule has 6 nitrogen and oxygen atoms in total. The molecule has 152 valence electrons. The Morgan fingerprint density at radius 3 is 2.48 bits per heavy atom. The van der Waals surface area contributed by atoms with E-state index in [4.69, 9.17) is 26.1 Å². The highest BCUT2D eigenvalue weighted by atomic mass is 32.1. The maximum atomic E-state index is 13.2. The Balaban J connectivity index is 1.39. The minimum Gasteiger partial charge on any atom is -0.497 e. The molecule has 1 N–H and O–H groups in total. The number of aromatic nitrogens is 2. The lowest BCUT2D eigenvalue weighted by Gasteiger charge is -2.18. The maximum absolute atomic E-state index is 13.2. The molecule has 1 aromatic heterocycles. The molecule has 29 heavy (non-hydrogen) atoms. The van der Waals surface area contributed by atoms with Gasteiger partial charge in [-0.1, -0.05) is 12.1 Å². The second kappa shape index (κ2) is 8.75. The Kier molecular flexibility index (Phi) is 5.92. The van der Waals surface area contributed by atoms with E-state index in [2.05, 4.69) is 5.10 Å². The van der Waals surface area contributed by atoms with Gasteiger partial charge >= 0.3 is 0 Å². The number of quaternary nitrogens is 1. The van der Waals surface area contributed by atoms with Gasteiger partial charge in [0.15, 0.2) is 13.3 Å². The number of halogens is 1. The molecule has 4 rings (SSSR count). The third kappa shape index (κ3) is 5.21. The van der Waals surface area contributed by atoms with Crippen LogP contribution in [0.15, 0.2) is 52.9 Å². The molecule has 0 aliphatic heterocycles. The van der Waals surface area contributed by atoms with Gasteiger partial charge in [0, 0.05) is 18.4 Å². The largest absolute Gasteiger partial charge is 0.497 e. The first-order valence-electron chi connectivity index (χ1n) is 9.53. The van der Waals surface area contributed by atoms with Crippen LogP contribution in [0.25, 0.3) is 0 Å². The van der Waals surface area contributed by atoms with Crippen molar-refractivity contribution in [1.29, 1.82) is 0 Å². The highest BCUT2D eigenvalue weighted by Crippen LogP contribution is 2.18. The van der Waals surface area contributed by atoms with Gasteiger partial charge in [-0.3, -0.25) is 0 Å². The minimum absolute atomic E-state index is 0.194. The van der Waals surface area contributed by atoms with E-state index in [0.29, 0.717) is 29.2 Å². The lowest BCUT2D eigenvalue weighted by atomic mass is 10.2. The lowest BCUT2D eigenvalue weighted by molar-refractivity contribution is -0.947. The number of hydrogen-bond acceptors (Lipinski definition) is 5. The number of benzene rings is 2. The Morgan fingerprint density at radius 1 is 1.14 bits per heavy atom. The summed E-state index contributed by atoms with van der Waals surface area (Å²) in [6.07, 6.45) is 2.35. The fraction of sp³-hybridized carbons (Fsp3) is 0.333. The zero-order valence-corrected chi connectivity index (χ0v) is 17.0. The van der Waals surface area contributed by atoms with Crippen LogP contribution in [0.2, 0.25) is 0 Å². The first-order chi connectivity index (χ1) is 14.1. The van der Waals surface area contributed by atoms with E-state index in [-0.39, 0.29) is 12.4 Å². The van der Waals surface area contributed by atoms with Crippen molar-refractivity contribution < 1.29 is 23.2 Å². The summed E-state index contributed by atoms with van der Waals surface area (Å²) in [6.45, 7) is 1.59. The summed E-state index contributed by atoms with van der Waals surface area (Å²) >= 11 is 5.34. The van der Waals surface area contributed by atoms with Crippen LogP contribution in [-0.4, -0.2) is 22.9 Å². The number of ether oxygens (including phenoxy) is 2. The minimum atomic E-state index is -0.220. The van der Waals surface area contributed by atoms with Gasteiger partial charge < -0.3 is 18.8 Å². The summed E-state index contributed by atoms with van der Waals surface area (Å²) in [7, 11) is 1.62. The van der Waals surface area contributed by atoms with Gasteiger partial charge in [-0.15, -0.1) is 5.10 Å². The standard InChI is InChI=1S/C21H22FN3O3S/c1-26-18-8-10-19(11-9-18)27-13-20-23-25(21(29)28-20)14-24(17-6-7-17)12-15-2-4-16(22)5-3-15/h2-5,8-11,17H,6-7,12-14H2,1H3/p+1. The molecule has 1 atom stereocenters. The molecule has 0 saturated heterocycles. The highest BCUT2D eigenvalue weighted by Gasteiger charge is 2.34. The van der Waals surface area contributed by atoms with Crippen molar-refractivity contribution in [3.63, 3.8) is 0 Å². The smallest absolute Gasteiger partial charge is 0.291 e. The van der Waals surface area contributed by atoms with Gasteiger partial charge in [-0.05, 0) is 48.6 Å². The summed E-state index contributed by atoms with van der Waals surface area (Å²) in [4.78, 5) is 1.67. The monoisotopic (exact) mass is 416 g/mol. The van der Waals surface area contributed by atoms with Gasteiger partial charge in [0.25, 0.3) is 10.7 Å². The topological polar surface area (TPSA) is 53.9 Å². The van der Waals surface area contributed by atoms with Crippen molar-refractivity contribution in [2.45, 2.75) is 38.7 Å². The Hall–Kier alpha value is -2.71. The van der Waals surface area contributed by atoms with E-state index in [1.54, 1.807) is 11.8 Å². The zero-order valence-electron chi connectivity index (χ0n) is 16.1. The van der Waals surface area contributed by atoms with Crippen LogP contribution in [0.4, 0.5) is 4.39 Å². The fourth-order valence-corrected chi connectivity index (χ4v) is 3.40. The predicted molar refractivity (Wildman–Crippen MR) is 107 cm³/mol. The molecule has 1 aliphatic carbocycles. The van der Waals surface area contributed by atoms with Crippen LogP contribution >= 0.6 is 12.2 Å². The van der Waals surface area contributed by atoms with Crippen LogP contribution < -0.4 is 14.4 Å². The van der Waals surface area contributed by atoms with E-state index >= 15 is 0 Å². The molecular weight excluding hydrogens is 393 g/mol. The van der Waals surface area contributed by atoms with Gasteiger partial charge in [0.2, 0.25) is 0 Å². The third-order valence-corrected chi connectivity index (χ3v) is 5.22. The van der Waals surface area contributed by atoms with E-state index in [1.165, 1.54) is 29.9 Å². The second-order valence-electron chi connectivity index (χ2n) is 7.12. The fourth-order valence-electron chi connectivity index (χ4n) is 3.20. The van der Waals surface area contributed by atoms with Crippen molar-refractivity contribution in [3.05, 3.63) is 70.6 Å². The molecule has 0 spiro atoms. The molecule has 0 amide bonds. The normalized spacial score (nSPS) is 14.6. The molecule has 0 bridgehead atoms. The average Bonchev–Trinajstić information content (AvgIpc) is 3.52. The SMILES string of the molecule is COc1ccc(OCc2nn(C[NH+](Cc3ccc(F)cc3)C3CC3)c(=S)o2)cc1. The van der Waals surface area contributed by atoms with E-state index < -0.39 is 0 Å². The molecule has 0 radical (unpaired) electrons. The number of hydrogen-bond donors (Lipinski definition) is 1. The van der Waals surface area contributed by atoms with Gasteiger partial charge in [-0.2, -0.15) is 4.68 Å². The van der Waals surface area contributed by atoms with Gasteiger partial charge in [-0.25, -0.2) is 4.39 Å². The maximum Gasteiger partial charge on any atom is 0.291 e. The Labute approximate surface area is 173 Å². The van der Waals surface area contributed by atoms with Crippen LogP contribution in [0.1, 0.15) is 24.3 Å². The van der Waals surface area contributed by atoms with Crippen molar-refractivity contribution in [3.8, 4) is 11.5 Å². The summed E-state index contributed by atoms with van der Waals surface area (Å²) in [6, 6.07) is 14.5. The van der Waals surface area contributed by atoms with Gasteiger partial charge in [0.05, 0.1) is 13.2 Å². The van der Waals surface area contributed by atoms with Crippen molar-refractivity contribution in [2.24, 2.45) is 0 Å². The van der Waals surface area contributed by atoms with Crippen molar-refractivity contribution in [1.82, 2.24) is 9.78 Å². The predicted octanol–water partition coefficient (Wildman–Crippen LogP) is 3.14. The first kappa shape index (κ1) is 19.6. The quantitative estimate of drug-likeness (QED) is 0.543. The summed E-state index contributed by atoms with van der Waals surface area (Å²) < 4.78 is 31.3. The Morgan fingerprint density at radius 2 is 1.83 bits per heavy atom. The molecule has 8 heteroatoms. The summed E-state index contributed by atoms with van der Waals surface area (Å²) in [5.41, 5.74) is 1.09. The van der Waals surface area contributed by atoms with Crippen LogP contribution in [0, 0.1) is 10.7 Å². The van der Waals surface area contributed by atoms with E-state index in [9.17, 15) is 4.39 Å². The number of nitrogens with zero attached hydrogens (tertiary/aromatic N) is 2. The molecule has 1 heterocycles. The van der Waals surface area contributed by atoms with Crippen LogP contribution in [0.5, 0.6) is 11.5 Å². The zero-order chi connectivity index (χ0) is 20.2. The molecule has 1 fully saturated rings. The van der Waals surface area contributed by atoms with Crippen molar-refractivity contribution in [2.75, 3.05) is 7.11 Å². The first-order valence-corrected chi connectivity index (χ1v) is 9.94. The van der Waals surface area contributed by atoms with E-state index in [0.717, 1.165) is 17.9 Å². The molecule has 3 aromatic rings. The molecule has 2 aromatic carbocycles. The average molecular weight is 416 g/mol. The lowest BCUT2D eigenvalue weighted by Crippen LogP contribution is -3.11. The molecule has 1 saturated carbocycles. The number of rotatable bonds is 9. The Bertz CT molecular complexity index is 997. The van der Waals surface area contributed by atoms with E-state index in [1.807, 2.05) is 36.4 Å². The molecular formula is C21H23FN3O3S+. The molecule has 1 aliphatic rings. The van der Waals surface area contributed by atoms with Crippen LogP contribution in [-0.2, 0) is 19.8 Å². The number of methoxy groups -OCH3 is 1. The number of nitrogens with one attached hydrogen (secondary N) is 1. The van der Waals surface area contributed by atoms with Gasteiger partial charge in [0.1, 0.15) is 23.9 Å². The second-order valence-corrected chi connectivity index (χ2v) is 7.47. The highest BCUT2D eigenvalue weighted by molar-refractivity contribution is 7.71. The summed E-state index contributed by atoms with van der Waals surface area (Å²) in [5, 5.41) is 4.48. The summed E-state index contributed by atoms with van der Waals surface area (Å²) in [5.74, 6) is 1.68. The molecule has 1 unspecified atom stereocenters.